The molecule has 0 aliphatic carbocycles. The molecule has 0 aliphatic rings. The summed E-state index contributed by atoms with van der Waals surface area (Å²) >= 11 is 3.42. The lowest BCUT2D eigenvalue weighted by Crippen LogP contribution is -2.10. The summed E-state index contributed by atoms with van der Waals surface area (Å²) in [5.41, 5.74) is 3.45. The average molecular weight is 323 g/mol. The minimum Gasteiger partial charge on any atom is -0.370 e. The van der Waals surface area contributed by atoms with E-state index < -0.39 is 0 Å². The van der Waals surface area contributed by atoms with Crippen LogP contribution in [0.15, 0.2) is 22.8 Å². The molecule has 0 aromatic carbocycles. The Morgan fingerprint density at radius 1 is 1.26 bits per heavy atom. The third-order valence-corrected chi connectivity index (χ3v) is 3.42. The molecule has 0 atom stereocenters. The van der Waals surface area contributed by atoms with Gasteiger partial charge in [-0.2, -0.15) is 5.10 Å². The lowest BCUT2D eigenvalue weighted by Gasteiger charge is -2.09. The molecule has 2 rings (SSSR count). The van der Waals surface area contributed by atoms with Crippen molar-refractivity contribution in [1.29, 1.82) is 0 Å². The molecule has 0 spiro atoms. The van der Waals surface area contributed by atoms with Crippen molar-refractivity contribution in [1.82, 2.24) is 14.8 Å². The van der Waals surface area contributed by atoms with Crippen molar-refractivity contribution in [2.24, 2.45) is 0 Å². The van der Waals surface area contributed by atoms with Crippen LogP contribution in [0.5, 0.6) is 0 Å². The molecule has 0 radical (unpaired) electrons. The van der Waals surface area contributed by atoms with Crippen LogP contribution in [0.3, 0.4) is 0 Å². The maximum Gasteiger partial charge on any atom is 0.128 e. The molecule has 0 saturated heterocycles. The molecular formula is C14H19BrN4. The SMILES string of the molecule is Cc1cc(C)n(CCCNc2ncc(Br)cc2C)n1. The van der Waals surface area contributed by atoms with E-state index in [0.717, 1.165) is 41.1 Å². The van der Waals surface area contributed by atoms with Crippen LogP contribution in [-0.4, -0.2) is 21.3 Å². The summed E-state index contributed by atoms with van der Waals surface area (Å²) < 4.78 is 3.07. The van der Waals surface area contributed by atoms with E-state index in [1.54, 1.807) is 0 Å². The van der Waals surface area contributed by atoms with Gasteiger partial charge in [0.1, 0.15) is 5.82 Å². The zero-order chi connectivity index (χ0) is 13.8. The summed E-state index contributed by atoms with van der Waals surface area (Å²) in [6.07, 6.45) is 2.84. The third-order valence-electron chi connectivity index (χ3n) is 2.99. The fourth-order valence-electron chi connectivity index (χ4n) is 2.06. The Bertz CT molecular complexity index is 563. The number of aryl methyl sites for hydroxylation is 4. The fraction of sp³-hybridized carbons (Fsp3) is 0.429. The Balaban J connectivity index is 1.82. The summed E-state index contributed by atoms with van der Waals surface area (Å²) in [6, 6.07) is 4.17. The van der Waals surface area contributed by atoms with Crippen LogP contribution < -0.4 is 5.32 Å². The quantitative estimate of drug-likeness (QED) is 0.857. The van der Waals surface area contributed by atoms with Crippen molar-refractivity contribution in [2.45, 2.75) is 33.7 Å². The van der Waals surface area contributed by atoms with Gasteiger partial charge in [-0.05, 0) is 60.8 Å². The van der Waals surface area contributed by atoms with Crippen LogP contribution in [0.1, 0.15) is 23.4 Å². The maximum atomic E-state index is 4.45. The van der Waals surface area contributed by atoms with Crippen LogP contribution in [0.25, 0.3) is 0 Å². The molecule has 0 bridgehead atoms. The summed E-state index contributed by atoms with van der Waals surface area (Å²) in [7, 11) is 0. The highest BCUT2D eigenvalue weighted by Gasteiger charge is 2.02. The van der Waals surface area contributed by atoms with Crippen molar-refractivity contribution in [3.05, 3.63) is 39.8 Å². The average Bonchev–Trinajstić information content (AvgIpc) is 2.65. The number of halogens is 1. The third kappa shape index (κ3) is 3.80. The van der Waals surface area contributed by atoms with E-state index in [-0.39, 0.29) is 0 Å². The minimum absolute atomic E-state index is 0.897. The first-order valence-corrected chi connectivity index (χ1v) is 7.22. The summed E-state index contributed by atoms with van der Waals surface area (Å²) in [6.45, 7) is 8.00. The van der Waals surface area contributed by atoms with Gasteiger partial charge in [-0.3, -0.25) is 4.68 Å². The van der Waals surface area contributed by atoms with Gasteiger partial charge in [0.25, 0.3) is 0 Å². The first-order valence-electron chi connectivity index (χ1n) is 6.43. The standard InChI is InChI=1S/C14H19BrN4/c1-10-7-13(15)9-17-14(10)16-5-4-6-19-12(3)8-11(2)18-19/h7-9H,4-6H2,1-3H3,(H,16,17). The van der Waals surface area contributed by atoms with Crippen LogP contribution in [0, 0.1) is 20.8 Å². The van der Waals surface area contributed by atoms with Gasteiger partial charge in [-0.25, -0.2) is 4.98 Å². The molecule has 2 aromatic heterocycles. The topological polar surface area (TPSA) is 42.7 Å². The molecule has 4 nitrogen and oxygen atoms in total. The predicted molar refractivity (Wildman–Crippen MR) is 81.5 cm³/mol. The van der Waals surface area contributed by atoms with Crippen molar-refractivity contribution in [3.8, 4) is 0 Å². The molecule has 102 valence electrons. The number of anilines is 1. The summed E-state index contributed by atoms with van der Waals surface area (Å²) in [5, 5.41) is 7.81. The Hall–Kier alpha value is -1.36. The van der Waals surface area contributed by atoms with E-state index in [4.69, 9.17) is 0 Å². The molecular weight excluding hydrogens is 304 g/mol. The lowest BCUT2D eigenvalue weighted by molar-refractivity contribution is 0.573. The van der Waals surface area contributed by atoms with E-state index >= 15 is 0 Å². The van der Waals surface area contributed by atoms with Crippen molar-refractivity contribution < 1.29 is 0 Å². The molecule has 0 aliphatic heterocycles. The number of nitrogens with one attached hydrogen (secondary N) is 1. The molecule has 0 amide bonds. The number of rotatable bonds is 5. The van der Waals surface area contributed by atoms with E-state index in [1.807, 2.05) is 13.1 Å². The Morgan fingerprint density at radius 2 is 2.05 bits per heavy atom. The lowest BCUT2D eigenvalue weighted by atomic mass is 10.3. The van der Waals surface area contributed by atoms with Crippen LogP contribution in [0.4, 0.5) is 5.82 Å². The van der Waals surface area contributed by atoms with E-state index in [1.165, 1.54) is 5.69 Å². The second-order valence-electron chi connectivity index (χ2n) is 4.75. The number of aromatic nitrogens is 3. The van der Waals surface area contributed by atoms with Gasteiger partial charge in [0.15, 0.2) is 0 Å². The molecule has 0 unspecified atom stereocenters. The number of hydrogen-bond donors (Lipinski definition) is 1. The van der Waals surface area contributed by atoms with Crippen LogP contribution in [-0.2, 0) is 6.54 Å². The molecule has 2 aromatic rings. The van der Waals surface area contributed by atoms with E-state index in [2.05, 4.69) is 62.0 Å². The van der Waals surface area contributed by atoms with Gasteiger partial charge >= 0.3 is 0 Å². The van der Waals surface area contributed by atoms with Crippen LogP contribution >= 0.6 is 15.9 Å². The Morgan fingerprint density at radius 3 is 2.68 bits per heavy atom. The monoisotopic (exact) mass is 322 g/mol. The molecule has 2 heterocycles. The number of nitrogens with zero attached hydrogens (tertiary/aromatic N) is 3. The molecule has 0 saturated carbocycles. The fourth-order valence-corrected chi connectivity index (χ4v) is 2.51. The van der Waals surface area contributed by atoms with Crippen molar-refractivity contribution in [3.63, 3.8) is 0 Å². The second kappa shape index (κ2) is 6.19. The largest absolute Gasteiger partial charge is 0.370 e. The van der Waals surface area contributed by atoms with E-state index in [9.17, 15) is 0 Å². The number of hydrogen-bond acceptors (Lipinski definition) is 3. The zero-order valence-corrected chi connectivity index (χ0v) is 13.2. The van der Waals surface area contributed by atoms with Crippen molar-refractivity contribution >= 4 is 21.7 Å². The summed E-state index contributed by atoms with van der Waals surface area (Å²) in [5.74, 6) is 0.955. The second-order valence-corrected chi connectivity index (χ2v) is 5.67. The van der Waals surface area contributed by atoms with E-state index in [0.29, 0.717) is 0 Å². The zero-order valence-electron chi connectivity index (χ0n) is 11.6. The Labute approximate surface area is 122 Å². The highest BCUT2D eigenvalue weighted by molar-refractivity contribution is 9.10. The van der Waals surface area contributed by atoms with Crippen molar-refractivity contribution in [2.75, 3.05) is 11.9 Å². The van der Waals surface area contributed by atoms with Gasteiger partial charge in [-0.15, -0.1) is 0 Å². The van der Waals surface area contributed by atoms with Crippen LogP contribution in [0.2, 0.25) is 0 Å². The Kier molecular flexibility index (Phi) is 4.58. The normalized spacial score (nSPS) is 10.7. The van der Waals surface area contributed by atoms with Gasteiger partial charge in [0, 0.05) is 29.5 Å². The number of pyridine rings is 1. The highest BCUT2D eigenvalue weighted by Crippen LogP contribution is 2.16. The highest BCUT2D eigenvalue weighted by atomic mass is 79.9. The first-order chi connectivity index (χ1) is 9.06. The minimum atomic E-state index is 0.897. The maximum absolute atomic E-state index is 4.45. The van der Waals surface area contributed by atoms with Gasteiger partial charge < -0.3 is 5.32 Å². The molecule has 1 N–H and O–H groups in total. The van der Waals surface area contributed by atoms with Gasteiger partial charge in [-0.1, -0.05) is 0 Å². The first kappa shape index (κ1) is 14.1. The van der Waals surface area contributed by atoms with Gasteiger partial charge in [0.05, 0.1) is 5.69 Å². The molecule has 19 heavy (non-hydrogen) atoms. The van der Waals surface area contributed by atoms with Gasteiger partial charge in [0.2, 0.25) is 0 Å². The molecule has 0 fully saturated rings. The summed E-state index contributed by atoms with van der Waals surface area (Å²) in [4.78, 5) is 4.36. The smallest absolute Gasteiger partial charge is 0.128 e. The molecule has 5 heteroatoms. The predicted octanol–water partition coefficient (Wildman–Crippen LogP) is 3.47.